The molecule has 1 aromatic carbocycles. The van der Waals surface area contributed by atoms with E-state index < -0.39 is 20.2 Å². The summed E-state index contributed by atoms with van der Waals surface area (Å²) in [5, 5.41) is 0. The lowest BCUT2D eigenvalue weighted by Gasteiger charge is -2.23. The lowest BCUT2D eigenvalue weighted by Crippen LogP contribution is -2.37. The molecule has 0 aromatic heterocycles. The molecule has 0 amide bonds. The molecule has 0 aliphatic heterocycles. The van der Waals surface area contributed by atoms with Crippen LogP contribution < -0.4 is 9.03 Å². The van der Waals surface area contributed by atoms with Crippen molar-refractivity contribution in [2.24, 2.45) is 0 Å². The van der Waals surface area contributed by atoms with Gasteiger partial charge in [-0.25, -0.2) is 8.42 Å². The number of nitrogens with one attached hydrogen (secondary N) is 1. The van der Waals surface area contributed by atoms with Crippen LogP contribution in [0.2, 0.25) is 0 Å². The average Bonchev–Trinajstić information content (AvgIpc) is 2.26. The Bertz CT molecular complexity index is 636. The summed E-state index contributed by atoms with van der Waals surface area (Å²) in [6.45, 7) is 0. The topological polar surface area (TPSA) is 86.8 Å². The Hall–Kier alpha value is -1.32. The van der Waals surface area contributed by atoms with Crippen molar-refractivity contribution in [3.05, 3.63) is 24.3 Å². The van der Waals surface area contributed by atoms with Gasteiger partial charge in [0.05, 0.1) is 11.9 Å². The van der Waals surface area contributed by atoms with Crippen LogP contribution in [0, 0.1) is 0 Å². The van der Waals surface area contributed by atoms with Gasteiger partial charge in [-0.15, -0.1) is 0 Å². The first-order valence-electron chi connectivity index (χ1n) is 5.28. The van der Waals surface area contributed by atoms with Gasteiger partial charge in [-0.1, -0.05) is 0 Å². The van der Waals surface area contributed by atoms with E-state index in [0.29, 0.717) is 11.4 Å². The molecule has 0 fully saturated rings. The maximum Gasteiger partial charge on any atom is 0.303 e. The smallest absolute Gasteiger partial charge is 0.284 e. The minimum atomic E-state index is -3.55. The highest BCUT2D eigenvalue weighted by molar-refractivity contribution is 7.92. The molecule has 9 heteroatoms. The van der Waals surface area contributed by atoms with Crippen molar-refractivity contribution in [3.8, 4) is 0 Å². The van der Waals surface area contributed by atoms with Gasteiger partial charge in [-0.2, -0.15) is 12.7 Å². The summed E-state index contributed by atoms with van der Waals surface area (Å²) >= 11 is 0. The second kappa shape index (κ2) is 5.35. The van der Waals surface area contributed by atoms with E-state index in [9.17, 15) is 16.8 Å². The molecule has 0 bridgehead atoms. The zero-order chi connectivity index (χ0) is 14.8. The minimum Gasteiger partial charge on any atom is -0.284 e. The Morgan fingerprint density at radius 2 is 1.42 bits per heavy atom. The summed E-state index contributed by atoms with van der Waals surface area (Å²) in [5.74, 6) is 0. The fourth-order valence-electron chi connectivity index (χ4n) is 1.33. The molecule has 1 N–H and O–H groups in total. The maximum absolute atomic E-state index is 11.9. The molecule has 19 heavy (non-hydrogen) atoms. The zero-order valence-corrected chi connectivity index (χ0v) is 12.8. The molecule has 0 saturated carbocycles. The number of sulfonamides is 1. The maximum atomic E-state index is 11.9. The standard InChI is InChI=1S/C10H17N3O4S2/c1-12(2)19(16,17)13(3)10-7-5-9(6-8-10)11-18(4,14)15/h5-8,11H,1-4H3. The average molecular weight is 307 g/mol. The molecule has 0 atom stereocenters. The fourth-order valence-corrected chi connectivity index (χ4v) is 2.77. The van der Waals surface area contributed by atoms with Gasteiger partial charge in [0.1, 0.15) is 0 Å². The van der Waals surface area contributed by atoms with Crippen molar-refractivity contribution in [3.63, 3.8) is 0 Å². The summed E-state index contributed by atoms with van der Waals surface area (Å²) in [4.78, 5) is 0. The normalized spacial score (nSPS) is 12.5. The molecule has 108 valence electrons. The summed E-state index contributed by atoms with van der Waals surface area (Å²) < 4.78 is 50.4. The first kappa shape index (κ1) is 15.7. The number of nitrogens with zero attached hydrogens (tertiary/aromatic N) is 2. The predicted molar refractivity (Wildman–Crippen MR) is 75.9 cm³/mol. The van der Waals surface area contributed by atoms with Gasteiger partial charge in [-0.3, -0.25) is 9.03 Å². The molecule has 7 nitrogen and oxygen atoms in total. The van der Waals surface area contributed by atoms with E-state index in [2.05, 4.69) is 4.72 Å². The van der Waals surface area contributed by atoms with E-state index in [1.165, 1.54) is 45.4 Å². The van der Waals surface area contributed by atoms with E-state index in [4.69, 9.17) is 0 Å². The lowest BCUT2D eigenvalue weighted by molar-refractivity contribution is 0.519. The quantitative estimate of drug-likeness (QED) is 0.847. The van der Waals surface area contributed by atoms with Crippen LogP contribution >= 0.6 is 0 Å². The van der Waals surface area contributed by atoms with Gasteiger partial charge in [0.2, 0.25) is 10.0 Å². The van der Waals surface area contributed by atoms with Crippen LogP contribution in [-0.4, -0.2) is 48.5 Å². The SMILES string of the molecule is CN(C)S(=O)(=O)N(C)c1ccc(NS(C)(=O)=O)cc1. The van der Waals surface area contributed by atoms with E-state index >= 15 is 0 Å². The van der Waals surface area contributed by atoms with Crippen LogP contribution in [-0.2, 0) is 20.2 Å². The number of anilines is 2. The molecular formula is C10H17N3O4S2. The molecule has 1 rings (SSSR count). The summed E-state index contributed by atoms with van der Waals surface area (Å²) in [6.07, 6.45) is 1.05. The first-order valence-corrected chi connectivity index (χ1v) is 8.57. The van der Waals surface area contributed by atoms with E-state index in [0.717, 1.165) is 14.9 Å². The monoisotopic (exact) mass is 307 g/mol. The molecule has 0 saturated heterocycles. The van der Waals surface area contributed by atoms with Crippen molar-refractivity contribution in [1.82, 2.24) is 4.31 Å². The van der Waals surface area contributed by atoms with E-state index in [1.54, 1.807) is 0 Å². The van der Waals surface area contributed by atoms with Crippen molar-refractivity contribution in [1.29, 1.82) is 0 Å². The first-order chi connectivity index (χ1) is 8.54. The summed E-state index contributed by atoms with van der Waals surface area (Å²) in [5.41, 5.74) is 0.814. The molecule has 0 spiro atoms. The summed E-state index contributed by atoms with van der Waals surface area (Å²) in [7, 11) is -2.60. The van der Waals surface area contributed by atoms with Crippen molar-refractivity contribution < 1.29 is 16.8 Å². The molecule has 0 aliphatic carbocycles. The van der Waals surface area contributed by atoms with Crippen LogP contribution in [0.15, 0.2) is 24.3 Å². The minimum absolute atomic E-state index is 0.377. The second-order valence-electron chi connectivity index (χ2n) is 4.18. The second-order valence-corrected chi connectivity index (χ2v) is 8.10. The predicted octanol–water partition coefficient (Wildman–Crippen LogP) is 0.301. The largest absolute Gasteiger partial charge is 0.303 e. The molecule has 0 unspecified atom stereocenters. The van der Waals surface area contributed by atoms with Gasteiger partial charge in [0.15, 0.2) is 0 Å². The summed E-state index contributed by atoms with van der Waals surface area (Å²) in [6, 6.07) is 6.04. The highest BCUT2D eigenvalue weighted by Crippen LogP contribution is 2.20. The molecule has 0 aliphatic rings. The van der Waals surface area contributed by atoms with E-state index in [1.807, 2.05) is 0 Å². The van der Waals surface area contributed by atoms with Gasteiger partial charge < -0.3 is 0 Å². The van der Waals surface area contributed by atoms with Crippen LogP contribution in [0.5, 0.6) is 0 Å². The fraction of sp³-hybridized carbons (Fsp3) is 0.400. The van der Waals surface area contributed by atoms with Gasteiger partial charge in [-0.05, 0) is 24.3 Å². The molecular weight excluding hydrogens is 290 g/mol. The zero-order valence-electron chi connectivity index (χ0n) is 11.2. The van der Waals surface area contributed by atoms with E-state index in [-0.39, 0.29) is 0 Å². The number of benzene rings is 1. The van der Waals surface area contributed by atoms with Crippen LogP contribution in [0.3, 0.4) is 0 Å². The van der Waals surface area contributed by atoms with Gasteiger partial charge >= 0.3 is 10.2 Å². The number of rotatable bonds is 5. The van der Waals surface area contributed by atoms with Crippen molar-refractivity contribution in [2.75, 3.05) is 36.4 Å². The van der Waals surface area contributed by atoms with Crippen LogP contribution in [0.1, 0.15) is 0 Å². The Labute approximate surface area is 114 Å². The third-order valence-corrected chi connectivity index (χ3v) is 4.77. The third-order valence-electron chi connectivity index (χ3n) is 2.34. The third kappa shape index (κ3) is 4.08. The van der Waals surface area contributed by atoms with Crippen molar-refractivity contribution in [2.45, 2.75) is 0 Å². The molecule has 0 radical (unpaired) electrons. The highest BCUT2D eigenvalue weighted by atomic mass is 32.2. The lowest BCUT2D eigenvalue weighted by atomic mass is 10.3. The Kier molecular flexibility index (Phi) is 4.43. The van der Waals surface area contributed by atoms with Gasteiger partial charge in [0, 0.05) is 26.8 Å². The number of hydrogen-bond acceptors (Lipinski definition) is 4. The van der Waals surface area contributed by atoms with Crippen LogP contribution in [0.25, 0.3) is 0 Å². The van der Waals surface area contributed by atoms with Crippen LogP contribution in [0.4, 0.5) is 11.4 Å². The van der Waals surface area contributed by atoms with Crippen molar-refractivity contribution >= 4 is 31.6 Å². The van der Waals surface area contributed by atoms with Gasteiger partial charge in [0.25, 0.3) is 0 Å². The Morgan fingerprint density at radius 1 is 0.947 bits per heavy atom. The Balaban J connectivity index is 3.00. The Morgan fingerprint density at radius 3 is 1.79 bits per heavy atom. The highest BCUT2D eigenvalue weighted by Gasteiger charge is 2.20. The molecule has 1 aromatic rings. The molecule has 0 heterocycles. The number of hydrogen-bond donors (Lipinski definition) is 1.